The van der Waals surface area contributed by atoms with Crippen LogP contribution in [-0.2, 0) is 0 Å². The van der Waals surface area contributed by atoms with E-state index in [1.807, 2.05) is 60.7 Å². The predicted octanol–water partition coefficient (Wildman–Crippen LogP) is 11.4. The molecule has 0 atom stereocenters. The Hall–Kier alpha value is -6.48. The number of hydrogen-bond donors (Lipinski definition) is 0. The van der Waals surface area contributed by atoms with Gasteiger partial charge in [0.1, 0.15) is 0 Å². The molecule has 0 heterocycles. The molecule has 7 aromatic carbocycles. The fourth-order valence-electron chi connectivity index (χ4n) is 5.94. The van der Waals surface area contributed by atoms with Crippen molar-refractivity contribution in [3.63, 3.8) is 0 Å². The van der Waals surface area contributed by atoms with Crippen molar-refractivity contribution in [1.82, 2.24) is 0 Å². The van der Waals surface area contributed by atoms with Gasteiger partial charge in [-0.3, -0.25) is 0 Å². The first-order valence-corrected chi connectivity index (χ1v) is 15.2. The minimum Gasteiger partial charge on any atom is -0.192 e. The molecular weight excluding hydrogens is 556 g/mol. The molecule has 0 fully saturated rings. The Morgan fingerprint density at radius 2 is 0.565 bits per heavy atom. The van der Waals surface area contributed by atoms with E-state index in [4.69, 9.17) is 0 Å². The van der Waals surface area contributed by atoms with Gasteiger partial charge in [0.15, 0.2) is 0 Å². The summed E-state index contributed by atoms with van der Waals surface area (Å²) in [7, 11) is 0. The van der Waals surface area contributed by atoms with Gasteiger partial charge in [0, 0.05) is 11.1 Å². The van der Waals surface area contributed by atoms with Crippen molar-refractivity contribution in [2.24, 2.45) is 0 Å². The molecule has 0 unspecified atom stereocenters. The second-order valence-corrected chi connectivity index (χ2v) is 11.2. The Labute approximate surface area is 269 Å². The van der Waals surface area contributed by atoms with E-state index in [1.54, 1.807) is 0 Å². The maximum Gasteiger partial charge on any atom is 0.0998 e. The molecule has 0 saturated heterocycles. The molecule has 0 N–H and O–H groups in total. The minimum atomic E-state index is 0.649. The Morgan fingerprint density at radius 1 is 0.261 bits per heavy atom. The molecule has 2 nitrogen and oxygen atoms in total. The van der Waals surface area contributed by atoms with Crippen molar-refractivity contribution >= 4 is 0 Å². The molecule has 7 aromatic rings. The van der Waals surface area contributed by atoms with Crippen LogP contribution >= 0.6 is 0 Å². The normalized spacial score (nSPS) is 10.6. The fourth-order valence-corrected chi connectivity index (χ4v) is 5.94. The summed E-state index contributed by atoms with van der Waals surface area (Å²) in [5, 5.41) is 19.7. The summed E-state index contributed by atoms with van der Waals surface area (Å²) in [6.45, 7) is 0. The van der Waals surface area contributed by atoms with Crippen LogP contribution in [0.4, 0.5) is 0 Å². The van der Waals surface area contributed by atoms with E-state index in [9.17, 15) is 10.5 Å². The number of hydrogen-bond acceptors (Lipinski definition) is 2. The SMILES string of the molecule is N#Cc1ccc(-c2ccccc2)cc1-c1ccc(-c2cccc(-c3ccc(C#N)c(-c4ccc(-c5ccccc5)cc4)c3)c2)cc1. The fraction of sp³-hybridized carbons (Fsp3) is 0. The monoisotopic (exact) mass is 584 g/mol. The number of nitrogens with zero attached hydrogens (tertiary/aromatic N) is 2. The Balaban J connectivity index is 1.19. The Morgan fingerprint density at radius 3 is 1.04 bits per heavy atom. The van der Waals surface area contributed by atoms with Gasteiger partial charge >= 0.3 is 0 Å². The lowest BCUT2D eigenvalue weighted by Gasteiger charge is -2.12. The average Bonchev–Trinajstić information content (AvgIpc) is 3.15. The molecule has 46 heavy (non-hydrogen) atoms. The van der Waals surface area contributed by atoms with Crippen LogP contribution in [0.25, 0.3) is 66.8 Å². The Bertz CT molecular complexity index is 2230. The van der Waals surface area contributed by atoms with E-state index >= 15 is 0 Å². The zero-order chi connectivity index (χ0) is 31.3. The van der Waals surface area contributed by atoms with Crippen molar-refractivity contribution in [2.45, 2.75) is 0 Å². The quantitative estimate of drug-likeness (QED) is 0.195. The lowest BCUT2D eigenvalue weighted by atomic mass is 9.92. The van der Waals surface area contributed by atoms with E-state index in [0.29, 0.717) is 11.1 Å². The number of benzene rings is 7. The molecule has 0 aliphatic heterocycles. The van der Waals surface area contributed by atoms with Crippen molar-refractivity contribution in [3.8, 4) is 78.9 Å². The van der Waals surface area contributed by atoms with Crippen LogP contribution < -0.4 is 0 Å². The lowest BCUT2D eigenvalue weighted by molar-refractivity contribution is 1.47. The van der Waals surface area contributed by atoms with Crippen LogP contribution in [0, 0.1) is 22.7 Å². The molecule has 0 aliphatic rings. The van der Waals surface area contributed by atoms with Crippen molar-refractivity contribution in [1.29, 1.82) is 10.5 Å². The van der Waals surface area contributed by atoms with Gasteiger partial charge in [0.05, 0.1) is 23.3 Å². The molecular formula is C44H28N2. The van der Waals surface area contributed by atoms with E-state index < -0.39 is 0 Å². The highest BCUT2D eigenvalue weighted by atomic mass is 14.3. The summed E-state index contributed by atoms with van der Waals surface area (Å²) in [6, 6.07) is 62.6. The maximum atomic E-state index is 9.91. The molecule has 214 valence electrons. The van der Waals surface area contributed by atoms with E-state index in [2.05, 4.69) is 121 Å². The third-order valence-corrected chi connectivity index (χ3v) is 8.42. The van der Waals surface area contributed by atoms with Crippen LogP contribution in [0.15, 0.2) is 170 Å². The molecule has 0 radical (unpaired) electrons. The highest BCUT2D eigenvalue weighted by molar-refractivity contribution is 5.82. The molecule has 0 bridgehead atoms. The molecule has 2 heteroatoms. The van der Waals surface area contributed by atoms with Gasteiger partial charge < -0.3 is 0 Å². The first kappa shape index (κ1) is 28.3. The third-order valence-electron chi connectivity index (χ3n) is 8.42. The maximum absolute atomic E-state index is 9.91. The second-order valence-electron chi connectivity index (χ2n) is 11.2. The van der Waals surface area contributed by atoms with Crippen LogP contribution in [0.1, 0.15) is 11.1 Å². The third kappa shape index (κ3) is 5.72. The van der Waals surface area contributed by atoms with Crippen LogP contribution in [0.5, 0.6) is 0 Å². The summed E-state index contributed by atoms with van der Waals surface area (Å²) in [5.74, 6) is 0. The average molecular weight is 585 g/mol. The highest BCUT2D eigenvalue weighted by Crippen LogP contribution is 2.35. The second kappa shape index (κ2) is 12.6. The molecule has 0 aliphatic carbocycles. The summed E-state index contributed by atoms with van der Waals surface area (Å²) >= 11 is 0. The van der Waals surface area contributed by atoms with Crippen LogP contribution in [-0.4, -0.2) is 0 Å². The van der Waals surface area contributed by atoms with Crippen molar-refractivity contribution in [2.75, 3.05) is 0 Å². The Kier molecular flexibility index (Phi) is 7.77. The molecule has 0 saturated carbocycles. The van der Waals surface area contributed by atoms with Gasteiger partial charge in [-0.25, -0.2) is 0 Å². The first-order chi connectivity index (χ1) is 22.7. The van der Waals surface area contributed by atoms with Gasteiger partial charge in [-0.1, -0.05) is 140 Å². The molecule has 0 aromatic heterocycles. The van der Waals surface area contributed by atoms with Crippen molar-refractivity contribution < 1.29 is 0 Å². The van der Waals surface area contributed by atoms with Gasteiger partial charge in [-0.15, -0.1) is 0 Å². The van der Waals surface area contributed by atoms with Gasteiger partial charge in [0.2, 0.25) is 0 Å². The summed E-state index contributed by atoms with van der Waals surface area (Å²) in [4.78, 5) is 0. The van der Waals surface area contributed by atoms with Crippen molar-refractivity contribution in [3.05, 3.63) is 181 Å². The van der Waals surface area contributed by atoms with Gasteiger partial charge in [-0.2, -0.15) is 10.5 Å². The van der Waals surface area contributed by atoms with E-state index in [0.717, 1.165) is 61.2 Å². The zero-order valence-electron chi connectivity index (χ0n) is 25.1. The predicted molar refractivity (Wildman–Crippen MR) is 188 cm³/mol. The van der Waals surface area contributed by atoms with Gasteiger partial charge in [-0.05, 0) is 86.0 Å². The smallest absolute Gasteiger partial charge is 0.0998 e. The number of nitriles is 2. The largest absolute Gasteiger partial charge is 0.192 e. The summed E-state index contributed by atoms with van der Waals surface area (Å²) in [6.07, 6.45) is 0. The molecule has 0 amide bonds. The van der Waals surface area contributed by atoms with Crippen LogP contribution in [0.3, 0.4) is 0 Å². The summed E-state index contributed by atoms with van der Waals surface area (Å²) < 4.78 is 0. The standard InChI is InChI=1S/C44H28N2/c45-29-41-24-22-39(32-10-5-2-6-11-32)27-43(41)36-20-16-34(17-21-36)37-12-7-13-38(26-37)40-23-25-42(30-46)44(28-40)35-18-14-33(15-19-35)31-8-3-1-4-9-31/h1-28H. The number of rotatable bonds is 6. The molecule has 0 spiro atoms. The topological polar surface area (TPSA) is 47.6 Å². The van der Waals surface area contributed by atoms with E-state index in [1.165, 1.54) is 5.56 Å². The minimum absolute atomic E-state index is 0.649. The first-order valence-electron chi connectivity index (χ1n) is 15.2. The lowest BCUT2D eigenvalue weighted by Crippen LogP contribution is -1.89. The molecule has 7 rings (SSSR count). The summed E-state index contributed by atoms with van der Waals surface area (Å²) in [5.41, 5.74) is 14.0. The van der Waals surface area contributed by atoms with Gasteiger partial charge in [0.25, 0.3) is 0 Å². The van der Waals surface area contributed by atoms with Crippen LogP contribution in [0.2, 0.25) is 0 Å². The zero-order valence-corrected chi connectivity index (χ0v) is 25.1. The van der Waals surface area contributed by atoms with E-state index in [-0.39, 0.29) is 0 Å². The highest BCUT2D eigenvalue weighted by Gasteiger charge is 2.11.